The van der Waals surface area contributed by atoms with E-state index in [9.17, 15) is 0 Å². The first-order valence-corrected chi connectivity index (χ1v) is 17.8. The van der Waals surface area contributed by atoms with Gasteiger partial charge in [0, 0.05) is 21.7 Å². The Kier molecular flexibility index (Phi) is 7.87. The van der Waals surface area contributed by atoms with E-state index >= 15 is 0 Å². The number of hydrogen-bond donors (Lipinski definition) is 2. The number of aliphatic imine (C=N–C) groups is 1. The summed E-state index contributed by atoms with van der Waals surface area (Å²) in [7, 11) is 0. The fraction of sp³-hybridized carbons (Fsp3) is 0.0625. The van der Waals surface area contributed by atoms with Crippen molar-refractivity contribution in [2.75, 3.05) is 0 Å². The average Bonchev–Trinajstić information content (AvgIpc) is 3.51. The van der Waals surface area contributed by atoms with E-state index in [1.54, 1.807) is 0 Å². The van der Waals surface area contributed by atoms with Crippen molar-refractivity contribution >= 4 is 49.2 Å². The van der Waals surface area contributed by atoms with Gasteiger partial charge in [0.2, 0.25) is 0 Å². The van der Waals surface area contributed by atoms with Crippen LogP contribution < -0.4 is 11.3 Å². The van der Waals surface area contributed by atoms with E-state index in [1.165, 1.54) is 54.8 Å². The maximum absolute atomic E-state index is 6.12. The van der Waals surface area contributed by atoms with Crippen LogP contribution in [0.5, 0.6) is 0 Å². The minimum absolute atomic E-state index is 0.292. The second-order valence-corrected chi connectivity index (χ2v) is 13.5. The molecule has 0 saturated heterocycles. The first kappa shape index (κ1) is 31.5. The average molecular weight is 671 g/mol. The summed E-state index contributed by atoms with van der Waals surface area (Å²) in [5, 5.41) is 7.35. The Morgan fingerprint density at radius 1 is 0.558 bits per heavy atom. The number of aromatic nitrogens is 1. The van der Waals surface area contributed by atoms with Crippen molar-refractivity contribution in [1.29, 1.82) is 0 Å². The van der Waals surface area contributed by atoms with Crippen molar-refractivity contribution in [3.63, 3.8) is 0 Å². The highest BCUT2D eigenvalue weighted by molar-refractivity contribution is 6.12. The number of hydrogen-bond acceptors (Lipinski definition) is 2. The lowest BCUT2D eigenvalue weighted by molar-refractivity contribution is 0.859. The number of amidine groups is 1. The molecular weight excluding hydrogens is 633 g/mol. The Labute approximate surface area is 303 Å². The van der Waals surface area contributed by atoms with Gasteiger partial charge in [-0.3, -0.25) is 4.99 Å². The monoisotopic (exact) mass is 670 g/mol. The number of benzene rings is 8. The molecule has 0 saturated carbocycles. The standard InChI is InChI=1S/C48H38N4/c1-31-29-46-43(30-42(31)37-28-27-33-15-9-10-20-36(33)32(37)2)40-21-11-12-25-44(40)52(46)45-26-14-22-38-39(45)23-13-24-41(38)47(34-16-5-3-6-17-34)50-48(51-49)35-18-7-4-8-19-35/h3-30,47H,49H2,1-2H3,(H,50,51). The van der Waals surface area contributed by atoms with E-state index in [1.807, 2.05) is 36.4 Å². The molecule has 3 N–H and O–H groups in total. The molecular formula is C48H38N4. The normalized spacial score (nSPS) is 12.6. The summed E-state index contributed by atoms with van der Waals surface area (Å²) in [6.45, 7) is 4.49. The van der Waals surface area contributed by atoms with Crippen LogP contribution in [0.2, 0.25) is 0 Å². The molecule has 4 nitrogen and oxygen atoms in total. The summed E-state index contributed by atoms with van der Waals surface area (Å²) in [6, 6.07) is 60.2. The van der Waals surface area contributed by atoms with Gasteiger partial charge in [0.05, 0.1) is 16.7 Å². The fourth-order valence-corrected chi connectivity index (χ4v) is 8.02. The van der Waals surface area contributed by atoms with Crippen molar-refractivity contribution < 1.29 is 0 Å². The van der Waals surface area contributed by atoms with Gasteiger partial charge in [0.25, 0.3) is 0 Å². The van der Waals surface area contributed by atoms with Gasteiger partial charge in [-0.2, -0.15) is 0 Å². The van der Waals surface area contributed by atoms with Gasteiger partial charge < -0.3 is 9.99 Å². The fourth-order valence-electron chi connectivity index (χ4n) is 8.02. The van der Waals surface area contributed by atoms with Gasteiger partial charge in [-0.25, -0.2) is 5.84 Å². The summed E-state index contributed by atoms with van der Waals surface area (Å²) in [5.74, 6) is 6.76. The lowest BCUT2D eigenvalue weighted by Crippen LogP contribution is -2.31. The van der Waals surface area contributed by atoms with Gasteiger partial charge >= 0.3 is 0 Å². The van der Waals surface area contributed by atoms with Crippen LogP contribution in [0.3, 0.4) is 0 Å². The second kappa shape index (κ2) is 13.0. The molecule has 1 heterocycles. The maximum Gasteiger partial charge on any atom is 0.143 e. The molecule has 52 heavy (non-hydrogen) atoms. The van der Waals surface area contributed by atoms with E-state index < -0.39 is 0 Å². The molecule has 9 aromatic rings. The number of hydrazine groups is 1. The molecule has 1 atom stereocenters. The van der Waals surface area contributed by atoms with Gasteiger partial charge in [0.1, 0.15) is 11.9 Å². The largest absolute Gasteiger partial charge is 0.309 e. The summed E-state index contributed by atoms with van der Waals surface area (Å²) in [4.78, 5) is 5.30. The molecule has 0 fully saturated rings. The van der Waals surface area contributed by atoms with Gasteiger partial charge in [0.15, 0.2) is 0 Å². The Morgan fingerprint density at radius 3 is 2.04 bits per heavy atom. The van der Waals surface area contributed by atoms with Crippen LogP contribution in [-0.2, 0) is 0 Å². The highest BCUT2D eigenvalue weighted by Gasteiger charge is 2.21. The first-order valence-electron chi connectivity index (χ1n) is 17.8. The van der Waals surface area contributed by atoms with E-state index in [2.05, 4.69) is 157 Å². The highest BCUT2D eigenvalue weighted by Crippen LogP contribution is 2.41. The molecule has 1 unspecified atom stereocenters. The predicted molar refractivity (Wildman–Crippen MR) is 219 cm³/mol. The number of para-hydroxylation sites is 1. The second-order valence-electron chi connectivity index (χ2n) is 13.5. The van der Waals surface area contributed by atoms with Crippen LogP contribution in [0.1, 0.15) is 33.9 Å². The van der Waals surface area contributed by atoms with Gasteiger partial charge in [-0.05, 0) is 87.7 Å². The molecule has 0 aliphatic carbocycles. The summed E-state index contributed by atoms with van der Waals surface area (Å²) < 4.78 is 2.44. The van der Waals surface area contributed by atoms with Crippen LogP contribution in [-0.4, -0.2) is 10.4 Å². The molecule has 0 amide bonds. The molecule has 1 aromatic heterocycles. The van der Waals surface area contributed by atoms with Crippen molar-refractivity contribution in [3.8, 4) is 16.8 Å². The van der Waals surface area contributed by atoms with Gasteiger partial charge in [-0.15, -0.1) is 0 Å². The minimum Gasteiger partial charge on any atom is -0.309 e. The van der Waals surface area contributed by atoms with Crippen molar-refractivity contribution in [1.82, 2.24) is 9.99 Å². The molecule has 0 radical (unpaired) electrons. The number of nitrogens with one attached hydrogen (secondary N) is 1. The highest BCUT2D eigenvalue weighted by atomic mass is 15.3. The number of nitrogens with two attached hydrogens (primary N) is 1. The van der Waals surface area contributed by atoms with Crippen molar-refractivity contribution in [3.05, 3.63) is 198 Å². The lowest BCUT2D eigenvalue weighted by atomic mass is 9.91. The van der Waals surface area contributed by atoms with E-state index in [4.69, 9.17) is 10.8 Å². The van der Waals surface area contributed by atoms with E-state index in [0.29, 0.717) is 5.84 Å². The van der Waals surface area contributed by atoms with Crippen LogP contribution in [0.15, 0.2) is 175 Å². The van der Waals surface area contributed by atoms with E-state index in [0.717, 1.165) is 33.2 Å². The zero-order chi connectivity index (χ0) is 35.2. The molecule has 0 spiro atoms. The zero-order valence-corrected chi connectivity index (χ0v) is 29.2. The Morgan fingerprint density at radius 2 is 1.23 bits per heavy atom. The summed E-state index contributed by atoms with van der Waals surface area (Å²) in [5.41, 5.74) is 14.6. The quantitative estimate of drug-likeness (QED) is 0.0801. The number of nitrogens with zero attached hydrogens (tertiary/aromatic N) is 2. The summed E-state index contributed by atoms with van der Waals surface area (Å²) in [6.07, 6.45) is 0. The Balaban J connectivity index is 1.27. The summed E-state index contributed by atoms with van der Waals surface area (Å²) >= 11 is 0. The Bertz CT molecular complexity index is 2800. The third kappa shape index (κ3) is 5.24. The maximum atomic E-state index is 6.12. The predicted octanol–water partition coefficient (Wildman–Crippen LogP) is 11.4. The molecule has 250 valence electrons. The topological polar surface area (TPSA) is 55.3 Å². The number of aryl methyl sites for hydroxylation is 2. The smallest absolute Gasteiger partial charge is 0.143 e. The third-order valence-corrected chi connectivity index (χ3v) is 10.5. The van der Waals surface area contributed by atoms with Crippen molar-refractivity contribution in [2.24, 2.45) is 10.8 Å². The van der Waals surface area contributed by atoms with E-state index in [-0.39, 0.29) is 6.04 Å². The van der Waals surface area contributed by atoms with Crippen LogP contribution in [0.4, 0.5) is 0 Å². The lowest BCUT2D eigenvalue weighted by Gasteiger charge is -2.20. The SMILES string of the molecule is Cc1cc2c(cc1-c1ccc3ccccc3c1C)c1ccccc1n2-c1cccc2c(C(N=C(NN)c3ccccc3)c3ccccc3)cccc12. The number of fused-ring (bicyclic) bond motifs is 5. The first-order chi connectivity index (χ1) is 25.6. The van der Waals surface area contributed by atoms with Crippen LogP contribution in [0.25, 0.3) is 60.2 Å². The van der Waals surface area contributed by atoms with Crippen molar-refractivity contribution in [2.45, 2.75) is 19.9 Å². The molecule has 0 aliphatic rings. The molecule has 8 aromatic carbocycles. The number of rotatable bonds is 6. The zero-order valence-electron chi connectivity index (χ0n) is 29.2. The Hall–Kier alpha value is -6.49. The molecule has 4 heteroatoms. The van der Waals surface area contributed by atoms with Crippen LogP contribution in [0, 0.1) is 13.8 Å². The molecule has 0 aliphatic heterocycles. The molecule has 0 bridgehead atoms. The van der Waals surface area contributed by atoms with Gasteiger partial charge in [-0.1, -0.05) is 146 Å². The third-order valence-electron chi connectivity index (χ3n) is 10.5. The van der Waals surface area contributed by atoms with Crippen LogP contribution >= 0.6 is 0 Å². The molecule has 9 rings (SSSR count). The minimum atomic E-state index is -0.292.